The van der Waals surface area contributed by atoms with Gasteiger partial charge in [-0.1, -0.05) is 28.9 Å². The third-order valence-electron chi connectivity index (χ3n) is 4.27. The van der Waals surface area contributed by atoms with E-state index in [2.05, 4.69) is 10.1 Å². The lowest BCUT2D eigenvalue weighted by atomic mass is 10.2. The van der Waals surface area contributed by atoms with Crippen LogP contribution in [0.1, 0.15) is 23.4 Å². The molecule has 0 N–H and O–H groups in total. The van der Waals surface area contributed by atoms with Gasteiger partial charge in [-0.2, -0.15) is 0 Å². The number of rotatable bonds is 5. The molecule has 1 aromatic heterocycles. The second-order valence-electron chi connectivity index (χ2n) is 6.34. The van der Waals surface area contributed by atoms with Crippen molar-refractivity contribution in [3.63, 3.8) is 0 Å². The van der Waals surface area contributed by atoms with Crippen LogP contribution in [-0.4, -0.2) is 49.0 Å². The maximum absolute atomic E-state index is 12.7. The maximum atomic E-state index is 12.7. The summed E-state index contributed by atoms with van der Waals surface area (Å²) in [5.74, 6) is 0.795. The van der Waals surface area contributed by atoms with E-state index >= 15 is 0 Å². The van der Waals surface area contributed by atoms with Crippen molar-refractivity contribution < 1.29 is 12.9 Å². The van der Waals surface area contributed by atoms with E-state index in [0.717, 1.165) is 30.0 Å². The molecule has 1 fully saturated rings. The van der Waals surface area contributed by atoms with Crippen LogP contribution in [0.3, 0.4) is 0 Å². The molecule has 0 unspecified atom stereocenters. The SMILES string of the molecule is Cc1cc(CN2CCCN(S(=O)(=O)Cc3ccc(Cl)cc3)CC2)no1. The predicted molar refractivity (Wildman–Crippen MR) is 96.8 cm³/mol. The quantitative estimate of drug-likeness (QED) is 0.794. The molecule has 3 rings (SSSR count). The highest BCUT2D eigenvalue weighted by atomic mass is 35.5. The Kier molecular flexibility index (Phi) is 5.78. The van der Waals surface area contributed by atoms with Crippen molar-refractivity contribution in [1.29, 1.82) is 0 Å². The summed E-state index contributed by atoms with van der Waals surface area (Å²) in [6, 6.07) is 8.88. The van der Waals surface area contributed by atoms with Gasteiger partial charge in [0.05, 0.1) is 11.4 Å². The third kappa shape index (κ3) is 5.04. The van der Waals surface area contributed by atoms with Gasteiger partial charge in [0.25, 0.3) is 0 Å². The van der Waals surface area contributed by atoms with E-state index in [9.17, 15) is 8.42 Å². The average molecular weight is 384 g/mol. The molecule has 0 amide bonds. The highest BCUT2D eigenvalue weighted by Crippen LogP contribution is 2.17. The Labute approximate surface area is 153 Å². The van der Waals surface area contributed by atoms with Crippen molar-refractivity contribution >= 4 is 21.6 Å². The van der Waals surface area contributed by atoms with Crippen LogP contribution >= 0.6 is 11.6 Å². The fraction of sp³-hybridized carbons (Fsp3) is 0.471. The van der Waals surface area contributed by atoms with Crippen LogP contribution in [0.4, 0.5) is 0 Å². The highest BCUT2D eigenvalue weighted by Gasteiger charge is 2.25. The molecule has 0 bridgehead atoms. The third-order valence-corrected chi connectivity index (χ3v) is 6.37. The first-order valence-corrected chi connectivity index (χ1v) is 10.3. The van der Waals surface area contributed by atoms with Gasteiger partial charge in [-0.25, -0.2) is 12.7 Å². The van der Waals surface area contributed by atoms with Gasteiger partial charge < -0.3 is 4.52 Å². The first-order chi connectivity index (χ1) is 11.9. The Morgan fingerprint density at radius 3 is 2.60 bits per heavy atom. The number of nitrogens with zero attached hydrogens (tertiary/aromatic N) is 3. The number of sulfonamides is 1. The smallest absolute Gasteiger partial charge is 0.218 e. The van der Waals surface area contributed by atoms with Crippen molar-refractivity contribution in [3.05, 3.63) is 52.4 Å². The summed E-state index contributed by atoms with van der Waals surface area (Å²) in [6.07, 6.45) is 0.802. The van der Waals surface area contributed by atoms with Crippen molar-refractivity contribution in [1.82, 2.24) is 14.4 Å². The van der Waals surface area contributed by atoms with E-state index in [0.29, 0.717) is 31.2 Å². The van der Waals surface area contributed by atoms with Crippen LogP contribution < -0.4 is 0 Å². The second-order valence-corrected chi connectivity index (χ2v) is 8.75. The molecule has 2 heterocycles. The molecule has 0 radical (unpaired) electrons. The summed E-state index contributed by atoms with van der Waals surface area (Å²) in [4.78, 5) is 2.22. The molecule has 0 aliphatic carbocycles. The molecule has 1 aliphatic heterocycles. The molecule has 1 saturated heterocycles. The average Bonchev–Trinajstić information content (AvgIpc) is 2.82. The summed E-state index contributed by atoms with van der Waals surface area (Å²) in [6.45, 7) is 5.12. The summed E-state index contributed by atoms with van der Waals surface area (Å²) in [7, 11) is -3.34. The Hall–Kier alpha value is -1.41. The molecule has 2 aromatic rings. The van der Waals surface area contributed by atoms with Gasteiger partial charge in [0.15, 0.2) is 0 Å². The number of benzene rings is 1. The monoisotopic (exact) mass is 383 g/mol. The minimum absolute atomic E-state index is 0.00660. The Morgan fingerprint density at radius 1 is 1.16 bits per heavy atom. The topological polar surface area (TPSA) is 66.7 Å². The minimum Gasteiger partial charge on any atom is -0.361 e. The van der Waals surface area contributed by atoms with Crippen LogP contribution in [0.15, 0.2) is 34.9 Å². The van der Waals surface area contributed by atoms with Crippen LogP contribution in [0.2, 0.25) is 5.02 Å². The minimum atomic E-state index is -3.34. The number of aryl methyl sites for hydroxylation is 1. The molecule has 1 aliphatic rings. The number of hydrogen-bond acceptors (Lipinski definition) is 5. The normalized spacial score (nSPS) is 17.5. The van der Waals surface area contributed by atoms with E-state index in [1.807, 2.05) is 13.0 Å². The molecular formula is C17H22ClN3O3S. The van der Waals surface area contributed by atoms with Crippen LogP contribution in [-0.2, 0) is 22.3 Å². The predicted octanol–water partition coefficient (Wildman–Crippen LogP) is 2.67. The molecular weight excluding hydrogens is 362 g/mol. The van der Waals surface area contributed by atoms with E-state index in [-0.39, 0.29) is 5.75 Å². The van der Waals surface area contributed by atoms with Gasteiger partial charge in [0, 0.05) is 37.3 Å². The van der Waals surface area contributed by atoms with Gasteiger partial charge in [0.1, 0.15) is 5.76 Å². The maximum Gasteiger partial charge on any atom is 0.218 e. The summed E-state index contributed by atoms with van der Waals surface area (Å²) in [5.41, 5.74) is 1.64. The van der Waals surface area contributed by atoms with E-state index in [1.54, 1.807) is 28.6 Å². The fourth-order valence-electron chi connectivity index (χ4n) is 2.99. The Bertz CT molecular complexity index is 805. The lowest BCUT2D eigenvalue weighted by molar-refractivity contribution is 0.268. The van der Waals surface area contributed by atoms with Crippen LogP contribution in [0.5, 0.6) is 0 Å². The molecule has 1 aromatic carbocycles. The van der Waals surface area contributed by atoms with Gasteiger partial charge in [-0.15, -0.1) is 0 Å². The molecule has 0 saturated carbocycles. The van der Waals surface area contributed by atoms with Gasteiger partial charge >= 0.3 is 0 Å². The molecule has 8 heteroatoms. The lowest BCUT2D eigenvalue weighted by Gasteiger charge is -2.21. The Morgan fingerprint density at radius 2 is 1.92 bits per heavy atom. The van der Waals surface area contributed by atoms with E-state index < -0.39 is 10.0 Å². The molecule has 0 atom stereocenters. The van der Waals surface area contributed by atoms with Crippen molar-refractivity contribution in [3.8, 4) is 0 Å². The first-order valence-electron chi connectivity index (χ1n) is 8.29. The largest absolute Gasteiger partial charge is 0.361 e. The van der Waals surface area contributed by atoms with Crippen molar-refractivity contribution in [2.45, 2.75) is 25.6 Å². The van der Waals surface area contributed by atoms with Gasteiger partial charge in [0.2, 0.25) is 10.0 Å². The van der Waals surface area contributed by atoms with Crippen molar-refractivity contribution in [2.24, 2.45) is 0 Å². The second kappa shape index (κ2) is 7.86. The lowest BCUT2D eigenvalue weighted by Crippen LogP contribution is -2.35. The Balaban J connectivity index is 1.60. The molecule has 6 nitrogen and oxygen atoms in total. The summed E-state index contributed by atoms with van der Waals surface area (Å²) < 4.78 is 32.1. The van der Waals surface area contributed by atoms with Crippen LogP contribution in [0.25, 0.3) is 0 Å². The molecule has 0 spiro atoms. The fourth-order valence-corrected chi connectivity index (χ4v) is 4.68. The highest BCUT2D eigenvalue weighted by molar-refractivity contribution is 7.88. The number of hydrogen-bond donors (Lipinski definition) is 0. The zero-order valence-electron chi connectivity index (χ0n) is 14.2. The molecule has 136 valence electrons. The van der Waals surface area contributed by atoms with Gasteiger partial charge in [-0.05, 0) is 37.6 Å². The standard InChI is InChI=1S/C17H22ClN3O3S/c1-14-11-17(19-24-14)12-20-7-2-8-21(10-9-20)25(22,23)13-15-3-5-16(18)6-4-15/h3-6,11H,2,7-10,12-13H2,1H3. The van der Waals surface area contributed by atoms with Crippen LogP contribution in [0, 0.1) is 6.92 Å². The van der Waals surface area contributed by atoms with Crippen molar-refractivity contribution in [2.75, 3.05) is 26.2 Å². The zero-order valence-corrected chi connectivity index (χ0v) is 15.8. The zero-order chi connectivity index (χ0) is 17.9. The summed E-state index contributed by atoms with van der Waals surface area (Å²) >= 11 is 5.86. The van der Waals surface area contributed by atoms with E-state index in [1.165, 1.54) is 0 Å². The van der Waals surface area contributed by atoms with Gasteiger partial charge in [-0.3, -0.25) is 4.90 Å². The van der Waals surface area contributed by atoms with E-state index in [4.69, 9.17) is 16.1 Å². The number of aromatic nitrogens is 1. The number of halogens is 1. The molecule has 25 heavy (non-hydrogen) atoms. The first kappa shape index (κ1) is 18.4. The summed E-state index contributed by atoms with van der Waals surface area (Å²) in [5, 5.41) is 4.62.